The second-order valence-electron chi connectivity index (χ2n) is 7.61. The van der Waals surface area contributed by atoms with Gasteiger partial charge in [0.1, 0.15) is 5.83 Å². The summed E-state index contributed by atoms with van der Waals surface area (Å²) in [7, 11) is 4.55. The van der Waals surface area contributed by atoms with E-state index in [0.717, 1.165) is 5.56 Å². The van der Waals surface area contributed by atoms with Crippen molar-refractivity contribution in [1.82, 2.24) is 16.0 Å². The van der Waals surface area contributed by atoms with Crippen molar-refractivity contribution in [2.75, 3.05) is 21.3 Å². The number of ether oxygens (including phenoxy) is 3. The van der Waals surface area contributed by atoms with Crippen LogP contribution in [0.5, 0.6) is 11.5 Å². The molecule has 0 saturated carbocycles. The molecule has 0 spiro atoms. The van der Waals surface area contributed by atoms with Crippen LogP contribution in [-0.4, -0.2) is 38.4 Å². The maximum atomic E-state index is 14.1. The van der Waals surface area contributed by atoms with Gasteiger partial charge in [-0.15, -0.1) is 0 Å². The molecule has 1 amide bonds. The van der Waals surface area contributed by atoms with E-state index in [-0.39, 0.29) is 23.6 Å². The highest BCUT2D eigenvalue weighted by molar-refractivity contribution is 7.80. The molecule has 0 saturated heterocycles. The fourth-order valence-corrected chi connectivity index (χ4v) is 3.71. The molecule has 0 bridgehead atoms. The summed E-state index contributed by atoms with van der Waals surface area (Å²) in [5.41, 5.74) is 2.59. The minimum absolute atomic E-state index is 0.0677. The zero-order chi connectivity index (χ0) is 25.2. The molecule has 9 heteroatoms. The fourth-order valence-electron chi connectivity index (χ4n) is 3.50. The van der Waals surface area contributed by atoms with Gasteiger partial charge in [-0.3, -0.25) is 10.1 Å². The molecule has 1 aliphatic carbocycles. The van der Waals surface area contributed by atoms with Crippen molar-refractivity contribution in [2.45, 2.75) is 19.2 Å². The third-order valence-electron chi connectivity index (χ3n) is 5.11. The van der Waals surface area contributed by atoms with E-state index in [2.05, 4.69) is 16.0 Å². The number of carbonyl (C=O) groups excluding carboxylic acids is 1. The Hall–Kier alpha value is -3.53. The van der Waals surface area contributed by atoms with Gasteiger partial charge < -0.3 is 24.8 Å². The van der Waals surface area contributed by atoms with Crippen molar-refractivity contribution in [3.63, 3.8) is 0 Å². The van der Waals surface area contributed by atoms with Gasteiger partial charge in [-0.1, -0.05) is 30.3 Å². The largest absolute Gasteiger partial charge is 0.493 e. The molecule has 0 radical (unpaired) electrons. The van der Waals surface area contributed by atoms with Crippen molar-refractivity contribution in [1.29, 1.82) is 0 Å². The van der Waals surface area contributed by atoms with E-state index in [1.165, 1.54) is 26.4 Å². The van der Waals surface area contributed by atoms with Crippen LogP contribution < -0.4 is 25.4 Å². The summed E-state index contributed by atoms with van der Waals surface area (Å²) in [4.78, 5) is 12.9. The van der Waals surface area contributed by atoms with E-state index in [0.29, 0.717) is 34.9 Å². The first-order valence-corrected chi connectivity index (χ1v) is 11.2. The number of amides is 1. The molecule has 35 heavy (non-hydrogen) atoms. The summed E-state index contributed by atoms with van der Waals surface area (Å²) in [6.45, 7) is 0.792. The summed E-state index contributed by atoms with van der Waals surface area (Å²) in [5.74, 6) is 0.0647. The van der Waals surface area contributed by atoms with Crippen LogP contribution in [-0.2, 0) is 17.9 Å². The number of hydrogen-bond donors (Lipinski definition) is 3. The predicted octanol–water partition coefficient (Wildman–Crippen LogP) is 3.92. The van der Waals surface area contributed by atoms with Gasteiger partial charge in [0.25, 0.3) is 5.91 Å². The van der Waals surface area contributed by atoms with Gasteiger partial charge in [-0.05, 0) is 54.2 Å². The van der Waals surface area contributed by atoms with E-state index in [1.807, 2.05) is 30.3 Å². The van der Waals surface area contributed by atoms with Crippen LogP contribution in [0.15, 0.2) is 78.3 Å². The minimum Gasteiger partial charge on any atom is -0.493 e. The molecular weight excluding hydrogens is 469 g/mol. The highest BCUT2D eigenvalue weighted by Gasteiger charge is 2.17. The first-order valence-electron chi connectivity index (χ1n) is 10.8. The molecule has 2 aromatic carbocycles. The Morgan fingerprint density at radius 1 is 1.06 bits per heavy atom. The first kappa shape index (κ1) is 26.1. The summed E-state index contributed by atoms with van der Waals surface area (Å²) in [6, 6.07) is 12.6. The van der Waals surface area contributed by atoms with Gasteiger partial charge in [-0.2, -0.15) is 0 Å². The van der Waals surface area contributed by atoms with Gasteiger partial charge >= 0.3 is 0 Å². The highest BCUT2D eigenvalue weighted by Crippen LogP contribution is 2.33. The van der Waals surface area contributed by atoms with Crippen LogP contribution in [0.2, 0.25) is 0 Å². The Morgan fingerprint density at radius 3 is 2.51 bits per heavy atom. The second kappa shape index (κ2) is 12.8. The van der Waals surface area contributed by atoms with Crippen LogP contribution >= 0.6 is 12.2 Å². The molecule has 7 nitrogen and oxygen atoms in total. The lowest BCUT2D eigenvalue weighted by Crippen LogP contribution is -2.39. The Balaban J connectivity index is 1.68. The number of halogens is 1. The molecule has 1 aliphatic rings. The zero-order valence-electron chi connectivity index (χ0n) is 19.8. The standard InChI is InChI=1S/C26H28FN3O4S/c1-32-16-19-11-18(12-23(33-2)24(19)34-3)25(31)30-26(35)29-21-10-9-20(27)13-22(14-21)28-15-17-7-5-4-6-8-17/h4-14,22,28H,15-16H2,1-3H3,(H2,29,30,31,35). The van der Waals surface area contributed by atoms with Gasteiger partial charge in [0.15, 0.2) is 16.6 Å². The van der Waals surface area contributed by atoms with Gasteiger partial charge in [0.05, 0.1) is 20.8 Å². The van der Waals surface area contributed by atoms with E-state index in [9.17, 15) is 9.18 Å². The van der Waals surface area contributed by atoms with Crippen molar-refractivity contribution in [3.05, 3.63) is 95.0 Å². The Bertz CT molecular complexity index is 1150. The van der Waals surface area contributed by atoms with Gasteiger partial charge in [0, 0.05) is 36.5 Å². The average Bonchev–Trinajstić information content (AvgIpc) is 3.03. The molecule has 184 valence electrons. The zero-order valence-corrected chi connectivity index (χ0v) is 20.6. The van der Waals surface area contributed by atoms with E-state index < -0.39 is 5.91 Å². The number of methoxy groups -OCH3 is 3. The van der Waals surface area contributed by atoms with E-state index in [1.54, 1.807) is 31.4 Å². The lowest BCUT2D eigenvalue weighted by molar-refractivity contribution is 0.0976. The SMILES string of the molecule is COCc1cc(C(=O)NC(=S)NC2=CC(NCc3ccccc3)C=C(F)C=C2)cc(OC)c1OC. The lowest BCUT2D eigenvalue weighted by atomic mass is 10.1. The third kappa shape index (κ3) is 7.48. The molecule has 3 N–H and O–H groups in total. The van der Waals surface area contributed by atoms with Gasteiger partial charge in [0.2, 0.25) is 0 Å². The van der Waals surface area contributed by atoms with Crippen LogP contribution in [0.1, 0.15) is 21.5 Å². The molecular formula is C26H28FN3O4S. The van der Waals surface area contributed by atoms with Crippen LogP contribution in [0.3, 0.4) is 0 Å². The number of thiocarbonyl (C=S) groups is 1. The van der Waals surface area contributed by atoms with Crippen molar-refractivity contribution in [3.8, 4) is 11.5 Å². The summed E-state index contributed by atoms with van der Waals surface area (Å²) >= 11 is 5.33. The second-order valence-corrected chi connectivity index (χ2v) is 8.02. The molecule has 0 aromatic heterocycles. The number of carbonyl (C=O) groups is 1. The number of allylic oxidation sites excluding steroid dienone is 3. The smallest absolute Gasteiger partial charge is 0.257 e. The maximum absolute atomic E-state index is 14.1. The average molecular weight is 498 g/mol. The first-order chi connectivity index (χ1) is 16.9. The van der Waals surface area contributed by atoms with E-state index >= 15 is 0 Å². The van der Waals surface area contributed by atoms with Crippen LogP contribution in [0, 0.1) is 0 Å². The van der Waals surface area contributed by atoms with E-state index in [4.69, 9.17) is 26.4 Å². The number of nitrogens with one attached hydrogen (secondary N) is 3. The predicted molar refractivity (Wildman–Crippen MR) is 137 cm³/mol. The lowest BCUT2D eigenvalue weighted by Gasteiger charge is -2.16. The van der Waals surface area contributed by atoms with Crippen molar-refractivity contribution >= 4 is 23.2 Å². The van der Waals surface area contributed by atoms with Crippen LogP contribution in [0.25, 0.3) is 0 Å². The Morgan fingerprint density at radius 2 is 1.83 bits per heavy atom. The monoisotopic (exact) mass is 497 g/mol. The summed E-state index contributed by atoms with van der Waals surface area (Å²) in [5, 5.41) is 8.94. The topological polar surface area (TPSA) is 80.9 Å². The number of hydrogen-bond acceptors (Lipinski definition) is 6. The van der Waals surface area contributed by atoms with Crippen molar-refractivity contribution < 1.29 is 23.4 Å². The highest BCUT2D eigenvalue weighted by atomic mass is 32.1. The van der Waals surface area contributed by atoms with Crippen molar-refractivity contribution in [2.24, 2.45) is 0 Å². The normalized spacial score (nSPS) is 14.9. The minimum atomic E-state index is -0.443. The number of benzene rings is 2. The third-order valence-corrected chi connectivity index (χ3v) is 5.31. The van der Waals surface area contributed by atoms with Gasteiger partial charge in [-0.25, -0.2) is 4.39 Å². The summed E-state index contributed by atoms with van der Waals surface area (Å²) in [6.07, 6.45) is 6.15. The Kier molecular flexibility index (Phi) is 9.54. The van der Waals surface area contributed by atoms with Crippen LogP contribution in [0.4, 0.5) is 4.39 Å². The quantitative estimate of drug-likeness (QED) is 0.453. The Labute approximate surface area is 209 Å². The maximum Gasteiger partial charge on any atom is 0.257 e. The molecule has 0 heterocycles. The molecule has 0 fully saturated rings. The number of rotatable bonds is 9. The molecule has 1 unspecified atom stereocenters. The molecule has 3 rings (SSSR count). The summed E-state index contributed by atoms with van der Waals surface area (Å²) < 4.78 is 30.1. The fraction of sp³-hybridized carbons (Fsp3) is 0.231. The molecule has 0 aliphatic heterocycles. The molecule has 1 atom stereocenters. The molecule has 2 aromatic rings.